The lowest BCUT2D eigenvalue weighted by Gasteiger charge is -2.35. The molecule has 2 aliphatic rings. The topological polar surface area (TPSA) is 53.0 Å². The molecule has 2 heterocycles. The molecule has 2 aromatic carbocycles. The van der Waals surface area contributed by atoms with Crippen molar-refractivity contribution < 1.29 is 10.3 Å². The number of aryl methyl sites for hydroxylation is 1. The molecule has 0 fully saturated rings. The number of allylic oxidation sites excluding steroid dienone is 1. The number of para-hydroxylation sites is 2. The third-order valence-corrected chi connectivity index (χ3v) is 3.90. The predicted octanol–water partition coefficient (Wildman–Crippen LogP) is 2.01. The van der Waals surface area contributed by atoms with Gasteiger partial charge in [0.15, 0.2) is 0 Å². The second kappa shape index (κ2) is 4.51. The molecule has 0 aliphatic carbocycles. The number of hydrazine groups is 2. The maximum Gasteiger partial charge on any atom is 0.0650 e. The molecular weight excluding hydrogens is 266 g/mol. The fourth-order valence-electron chi connectivity index (χ4n) is 2.92. The molecule has 0 amide bonds. The zero-order valence-corrected chi connectivity index (χ0v) is 11.3. The van der Waals surface area contributed by atoms with Crippen molar-refractivity contribution in [2.24, 2.45) is 0 Å². The molecule has 0 unspecified atom stereocenters. The minimum atomic E-state index is -0.182. The standard InChI is InChI=1S/C16H15N3O2/c20-16-15-11-10-12-6-4-5-9-14(12)18(15)19(21)17(16)13-7-2-1-3-8-13/h1-9,20-21H,10-11H2/p-1. The van der Waals surface area contributed by atoms with Gasteiger partial charge in [-0.3, -0.25) is 5.21 Å². The first kappa shape index (κ1) is 12.3. The Morgan fingerprint density at radius 3 is 2.38 bits per heavy atom. The molecule has 4 rings (SSSR count). The summed E-state index contributed by atoms with van der Waals surface area (Å²) in [5.41, 5.74) is 3.22. The van der Waals surface area contributed by atoms with E-state index in [9.17, 15) is 10.3 Å². The summed E-state index contributed by atoms with van der Waals surface area (Å²) in [6.45, 7) is 0. The highest BCUT2D eigenvalue weighted by molar-refractivity contribution is 5.65. The average molecular weight is 280 g/mol. The summed E-state index contributed by atoms with van der Waals surface area (Å²) in [5, 5.41) is 26.9. The van der Waals surface area contributed by atoms with Crippen molar-refractivity contribution >= 4 is 11.4 Å². The molecule has 5 nitrogen and oxygen atoms in total. The SMILES string of the molecule is [O-]C1=C2CCc3ccccc3N2N(O)N1c1ccccc1. The number of anilines is 2. The maximum absolute atomic E-state index is 12.6. The lowest BCUT2D eigenvalue weighted by Crippen LogP contribution is -2.46. The Morgan fingerprint density at radius 2 is 1.57 bits per heavy atom. The van der Waals surface area contributed by atoms with Crippen molar-refractivity contribution in [3.63, 3.8) is 0 Å². The summed E-state index contributed by atoms with van der Waals surface area (Å²) in [5.74, 6) is -0.182. The minimum absolute atomic E-state index is 0.182. The van der Waals surface area contributed by atoms with Gasteiger partial charge in [0.1, 0.15) is 0 Å². The van der Waals surface area contributed by atoms with Gasteiger partial charge in [-0.1, -0.05) is 36.4 Å². The van der Waals surface area contributed by atoms with Crippen LogP contribution in [0.15, 0.2) is 66.2 Å². The maximum atomic E-state index is 12.6. The van der Waals surface area contributed by atoms with Gasteiger partial charge in [-0.15, -0.1) is 0 Å². The Kier molecular flexibility index (Phi) is 2.63. The first-order valence-corrected chi connectivity index (χ1v) is 6.89. The van der Waals surface area contributed by atoms with Gasteiger partial charge in [-0.05, 0) is 36.6 Å². The van der Waals surface area contributed by atoms with Crippen molar-refractivity contribution in [2.75, 3.05) is 10.0 Å². The van der Waals surface area contributed by atoms with Crippen molar-refractivity contribution in [1.82, 2.24) is 5.28 Å². The van der Waals surface area contributed by atoms with Crippen molar-refractivity contribution in [3.8, 4) is 0 Å². The van der Waals surface area contributed by atoms with E-state index >= 15 is 0 Å². The van der Waals surface area contributed by atoms with Crippen LogP contribution < -0.4 is 15.1 Å². The number of benzene rings is 2. The Balaban J connectivity index is 1.83. The van der Waals surface area contributed by atoms with Gasteiger partial charge in [0, 0.05) is 11.2 Å². The number of nitrogens with zero attached hydrogens (tertiary/aromatic N) is 3. The number of fused-ring (bicyclic) bond motifs is 3. The summed E-state index contributed by atoms with van der Waals surface area (Å²) < 4.78 is 0. The fourth-order valence-corrected chi connectivity index (χ4v) is 2.92. The second-order valence-corrected chi connectivity index (χ2v) is 5.11. The van der Waals surface area contributed by atoms with Crippen LogP contribution in [0.3, 0.4) is 0 Å². The van der Waals surface area contributed by atoms with Crippen LogP contribution >= 0.6 is 0 Å². The van der Waals surface area contributed by atoms with E-state index in [4.69, 9.17) is 0 Å². The average Bonchev–Trinajstić information content (AvgIpc) is 2.80. The minimum Gasteiger partial charge on any atom is -0.858 e. The molecular formula is C16H14N3O2-. The second-order valence-electron chi connectivity index (χ2n) is 5.11. The van der Waals surface area contributed by atoms with Gasteiger partial charge in [-0.25, -0.2) is 10.0 Å². The lowest BCUT2D eigenvalue weighted by atomic mass is 10.0. The molecule has 0 spiro atoms. The van der Waals surface area contributed by atoms with Crippen molar-refractivity contribution in [3.05, 3.63) is 71.7 Å². The Labute approximate surface area is 122 Å². The van der Waals surface area contributed by atoms with Gasteiger partial charge in [0.05, 0.1) is 17.1 Å². The Bertz CT molecular complexity index is 714. The zero-order chi connectivity index (χ0) is 14.4. The molecule has 0 bridgehead atoms. The Hall–Kier alpha value is -2.50. The highest BCUT2D eigenvalue weighted by Gasteiger charge is 2.36. The molecule has 106 valence electrons. The number of hydrogen-bond donors (Lipinski definition) is 1. The normalized spacial score (nSPS) is 18.0. The van der Waals surface area contributed by atoms with E-state index in [1.165, 1.54) is 5.01 Å². The van der Waals surface area contributed by atoms with Crippen LogP contribution in [-0.2, 0) is 6.42 Å². The molecule has 0 radical (unpaired) electrons. The molecule has 0 saturated carbocycles. The van der Waals surface area contributed by atoms with E-state index in [2.05, 4.69) is 0 Å². The molecule has 21 heavy (non-hydrogen) atoms. The zero-order valence-electron chi connectivity index (χ0n) is 11.3. The van der Waals surface area contributed by atoms with Gasteiger partial charge < -0.3 is 5.11 Å². The van der Waals surface area contributed by atoms with E-state index in [1.54, 1.807) is 17.1 Å². The third kappa shape index (κ3) is 1.72. The molecule has 2 aromatic rings. The van der Waals surface area contributed by atoms with Crippen LogP contribution in [0, 0.1) is 0 Å². The summed E-state index contributed by atoms with van der Waals surface area (Å²) in [7, 11) is 0. The third-order valence-electron chi connectivity index (χ3n) is 3.90. The van der Waals surface area contributed by atoms with E-state index in [1.807, 2.05) is 42.5 Å². The Morgan fingerprint density at radius 1 is 0.857 bits per heavy atom. The highest BCUT2D eigenvalue weighted by Crippen LogP contribution is 2.40. The van der Waals surface area contributed by atoms with E-state index < -0.39 is 0 Å². The summed E-state index contributed by atoms with van der Waals surface area (Å²) in [6, 6.07) is 17.0. The smallest absolute Gasteiger partial charge is 0.0650 e. The van der Waals surface area contributed by atoms with E-state index in [0.717, 1.165) is 23.0 Å². The van der Waals surface area contributed by atoms with Gasteiger partial charge >= 0.3 is 0 Å². The van der Waals surface area contributed by atoms with Crippen LogP contribution in [-0.4, -0.2) is 10.5 Å². The highest BCUT2D eigenvalue weighted by atomic mass is 16.6. The summed E-state index contributed by atoms with van der Waals surface area (Å²) >= 11 is 0. The molecule has 5 heteroatoms. The quantitative estimate of drug-likeness (QED) is 0.866. The van der Waals surface area contributed by atoms with Crippen LogP contribution in [0.1, 0.15) is 12.0 Å². The molecule has 2 aliphatic heterocycles. The first-order chi connectivity index (χ1) is 10.3. The largest absolute Gasteiger partial charge is 0.858 e. The van der Waals surface area contributed by atoms with Crippen LogP contribution in [0.4, 0.5) is 11.4 Å². The van der Waals surface area contributed by atoms with E-state index in [0.29, 0.717) is 17.8 Å². The van der Waals surface area contributed by atoms with Crippen LogP contribution in [0.25, 0.3) is 0 Å². The van der Waals surface area contributed by atoms with Crippen molar-refractivity contribution in [2.45, 2.75) is 12.8 Å². The predicted molar refractivity (Wildman–Crippen MR) is 76.8 cm³/mol. The van der Waals surface area contributed by atoms with Gasteiger partial charge in [-0.2, -0.15) is 0 Å². The number of hydrogen-bond acceptors (Lipinski definition) is 5. The summed E-state index contributed by atoms with van der Waals surface area (Å²) in [6.07, 6.45) is 1.43. The first-order valence-electron chi connectivity index (χ1n) is 6.89. The van der Waals surface area contributed by atoms with Crippen LogP contribution in [0.2, 0.25) is 0 Å². The molecule has 0 saturated heterocycles. The molecule has 0 aromatic heterocycles. The van der Waals surface area contributed by atoms with Gasteiger partial charge in [0.25, 0.3) is 0 Å². The number of rotatable bonds is 1. The molecule has 1 N–H and O–H groups in total. The summed E-state index contributed by atoms with van der Waals surface area (Å²) in [4.78, 5) is 0. The van der Waals surface area contributed by atoms with Crippen molar-refractivity contribution in [1.29, 1.82) is 0 Å². The van der Waals surface area contributed by atoms with Crippen LogP contribution in [0.5, 0.6) is 0 Å². The monoisotopic (exact) mass is 280 g/mol. The fraction of sp³-hybridized carbons (Fsp3) is 0.125. The lowest BCUT2D eigenvalue weighted by molar-refractivity contribution is -0.314. The van der Waals surface area contributed by atoms with Gasteiger partial charge in [0.2, 0.25) is 0 Å². The van der Waals surface area contributed by atoms with E-state index in [-0.39, 0.29) is 5.88 Å². The molecule has 0 atom stereocenters.